The molecule has 2 aromatic rings. The fourth-order valence-electron chi connectivity index (χ4n) is 1.99. The summed E-state index contributed by atoms with van der Waals surface area (Å²) < 4.78 is 10.5. The van der Waals surface area contributed by atoms with Gasteiger partial charge >= 0.3 is 0 Å². The lowest BCUT2D eigenvalue weighted by Crippen LogP contribution is -2.03. The van der Waals surface area contributed by atoms with Gasteiger partial charge in [-0.2, -0.15) is 0 Å². The van der Waals surface area contributed by atoms with Gasteiger partial charge in [-0.05, 0) is 36.2 Å². The lowest BCUT2D eigenvalue weighted by molar-refractivity contribution is 0.354. The van der Waals surface area contributed by atoms with Gasteiger partial charge in [0.05, 0.1) is 19.9 Å². The van der Waals surface area contributed by atoms with Gasteiger partial charge in [0.2, 0.25) is 0 Å². The number of aryl methyl sites for hydroxylation is 1. The highest BCUT2D eigenvalue weighted by atomic mass is 35.5. The van der Waals surface area contributed by atoms with Gasteiger partial charge in [0.1, 0.15) is 5.15 Å². The Morgan fingerprint density at radius 3 is 2.43 bits per heavy atom. The van der Waals surface area contributed by atoms with Crippen LogP contribution in [0.3, 0.4) is 0 Å². The second-order valence-corrected chi connectivity index (χ2v) is 5.22. The fourth-order valence-corrected chi connectivity index (χ4v) is 2.59. The average Bonchev–Trinajstić information content (AvgIpc) is 2.45. The number of pyridine rings is 1. The SMILES string of the molecule is COc1ccc(CNc2c(C)cc(Cl)nc2Cl)cc1OC. The highest BCUT2D eigenvalue weighted by molar-refractivity contribution is 6.34. The summed E-state index contributed by atoms with van der Waals surface area (Å²) in [5.74, 6) is 1.39. The second kappa shape index (κ2) is 6.87. The molecular formula is C15H16Cl2N2O2. The number of benzene rings is 1. The summed E-state index contributed by atoms with van der Waals surface area (Å²) in [7, 11) is 3.22. The van der Waals surface area contributed by atoms with Crippen molar-refractivity contribution in [1.82, 2.24) is 4.98 Å². The van der Waals surface area contributed by atoms with Crippen LogP contribution in [0.25, 0.3) is 0 Å². The molecule has 0 aliphatic heterocycles. The van der Waals surface area contributed by atoms with Crippen molar-refractivity contribution < 1.29 is 9.47 Å². The zero-order valence-electron chi connectivity index (χ0n) is 12.0. The Morgan fingerprint density at radius 1 is 1.10 bits per heavy atom. The van der Waals surface area contributed by atoms with Gasteiger partial charge in [-0.3, -0.25) is 0 Å². The van der Waals surface area contributed by atoms with Gasteiger partial charge < -0.3 is 14.8 Å². The fraction of sp³-hybridized carbons (Fsp3) is 0.267. The molecule has 4 nitrogen and oxygen atoms in total. The van der Waals surface area contributed by atoms with E-state index in [1.54, 1.807) is 20.3 Å². The highest BCUT2D eigenvalue weighted by Gasteiger charge is 2.09. The third-order valence-electron chi connectivity index (χ3n) is 3.06. The molecule has 1 aromatic carbocycles. The third-order valence-corrected chi connectivity index (χ3v) is 3.53. The number of nitrogens with zero attached hydrogens (tertiary/aromatic N) is 1. The standard InChI is InChI=1S/C15H16Cl2N2O2/c1-9-6-13(16)19-15(17)14(9)18-8-10-4-5-11(20-2)12(7-10)21-3/h4-7,18H,8H2,1-3H3. The molecular weight excluding hydrogens is 311 g/mol. The highest BCUT2D eigenvalue weighted by Crippen LogP contribution is 2.29. The first kappa shape index (κ1) is 15.7. The molecule has 0 bridgehead atoms. The zero-order chi connectivity index (χ0) is 15.4. The number of methoxy groups -OCH3 is 2. The summed E-state index contributed by atoms with van der Waals surface area (Å²) in [5, 5.41) is 4.01. The predicted molar refractivity (Wildman–Crippen MR) is 85.9 cm³/mol. The Morgan fingerprint density at radius 2 is 1.81 bits per heavy atom. The normalized spacial score (nSPS) is 10.3. The van der Waals surface area contributed by atoms with Crippen molar-refractivity contribution >= 4 is 28.9 Å². The lowest BCUT2D eigenvalue weighted by Gasteiger charge is -2.13. The van der Waals surface area contributed by atoms with E-state index in [0.717, 1.165) is 16.8 Å². The van der Waals surface area contributed by atoms with Crippen LogP contribution in [0.15, 0.2) is 24.3 Å². The maximum Gasteiger partial charge on any atom is 0.161 e. The van der Waals surface area contributed by atoms with Crippen LogP contribution in [-0.2, 0) is 6.54 Å². The van der Waals surface area contributed by atoms with E-state index in [0.29, 0.717) is 28.3 Å². The monoisotopic (exact) mass is 326 g/mol. The first-order chi connectivity index (χ1) is 10.0. The molecule has 0 saturated carbocycles. The molecule has 0 saturated heterocycles. The van der Waals surface area contributed by atoms with E-state index in [1.807, 2.05) is 25.1 Å². The van der Waals surface area contributed by atoms with Gasteiger partial charge in [-0.15, -0.1) is 0 Å². The predicted octanol–water partition coefficient (Wildman–Crippen LogP) is 4.33. The lowest BCUT2D eigenvalue weighted by atomic mass is 10.2. The maximum absolute atomic E-state index is 6.10. The van der Waals surface area contributed by atoms with Crippen LogP contribution >= 0.6 is 23.2 Å². The number of halogens is 2. The van der Waals surface area contributed by atoms with Crippen molar-refractivity contribution in [3.05, 3.63) is 45.7 Å². The first-order valence-electron chi connectivity index (χ1n) is 6.32. The van der Waals surface area contributed by atoms with Gasteiger partial charge in [0, 0.05) is 6.54 Å². The molecule has 0 aliphatic rings. The van der Waals surface area contributed by atoms with Crippen LogP contribution < -0.4 is 14.8 Å². The Hall–Kier alpha value is -1.65. The smallest absolute Gasteiger partial charge is 0.161 e. The van der Waals surface area contributed by atoms with Crippen LogP contribution in [0.1, 0.15) is 11.1 Å². The molecule has 112 valence electrons. The summed E-state index contributed by atoms with van der Waals surface area (Å²) in [4.78, 5) is 4.03. The van der Waals surface area contributed by atoms with Gasteiger partial charge in [0.25, 0.3) is 0 Å². The molecule has 0 amide bonds. The third kappa shape index (κ3) is 3.71. The number of ether oxygens (including phenoxy) is 2. The molecule has 1 N–H and O–H groups in total. The van der Waals surface area contributed by atoms with Crippen LogP contribution in [0.2, 0.25) is 10.3 Å². The van der Waals surface area contributed by atoms with E-state index in [4.69, 9.17) is 32.7 Å². The van der Waals surface area contributed by atoms with Gasteiger partial charge in [-0.1, -0.05) is 29.3 Å². The second-order valence-electron chi connectivity index (χ2n) is 4.47. The van der Waals surface area contributed by atoms with Crippen molar-refractivity contribution in [1.29, 1.82) is 0 Å². The Labute approximate surface area is 134 Å². The van der Waals surface area contributed by atoms with Crippen molar-refractivity contribution in [3.8, 4) is 11.5 Å². The maximum atomic E-state index is 6.10. The molecule has 1 heterocycles. The molecule has 0 fully saturated rings. The topological polar surface area (TPSA) is 43.4 Å². The molecule has 21 heavy (non-hydrogen) atoms. The summed E-state index contributed by atoms with van der Waals surface area (Å²) in [5.41, 5.74) is 2.76. The Balaban J connectivity index is 2.17. The largest absolute Gasteiger partial charge is 0.493 e. The summed E-state index contributed by atoms with van der Waals surface area (Å²) in [6, 6.07) is 7.51. The molecule has 0 aliphatic carbocycles. The van der Waals surface area contributed by atoms with Crippen LogP contribution in [0, 0.1) is 6.92 Å². The van der Waals surface area contributed by atoms with E-state index in [1.165, 1.54) is 0 Å². The minimum atomic E-state index is 0.362. The summed E-state index contributed by atoms with van der Waals surface area (Å²) >= 11 is 12.0. The summed E-state index contributed by atoms with van der Waals surface area (Å²) in [6.45, 7) is 2.51. The van der Waals surface area contributed by atoms with E-state index >= 15 is 0 Å². The van der Waals surface area contributed by atoms with Crippen LogP contribution in [0.5, 0.6) is 11.5 Å². The quantitative estimate of drug-likeness (QED) is 0.830. The van der Waals surface area contributed by atoms with Crippen LogP contribution in [0.4, 0.5) is 5.69 Å². The van der Waals surface area contributed by atoms with Crippen LogP contribution in [-0.4, -0.2) is 19.2 Å². The van der Waals surface area contributed by atoms with Crippen molar-refractivity contribution in [2.75, 3.05) is 19.5 Å². The molecule has 0 radical (unpaired) electrons. The minimum absolute atomic E-state index is 0.362. The number of anilines is 1. The van der Waals surface area contributed by atoms with Gasteiger partial charge in [-0.25, -0.2) is 4.98 Å². The molecule has 1 aromatic heterocycles. The van der Waals surface area contributed by atoms with E-state index in [2.05, 4.69) is 10.3 Å². The molecule has 6 heteroatoms. The first-order valence-corrected chi connectivity index (χ1v) is 7.08. The Bertz CT molecular complexity index is 625. The van der Waals surface area contributed by atoms with E-state index in [-0.39, 0.29) is 0 Å². The molecule has 0 spiro atoms. The molecule has 0 unspecified atom stereocenters. The zero-order valence-corrected chi connectivity index (χ0v) is 13.5. The van der Waals surface area contributed by atoms with Crippen molar-refractivity contribution in [2.24, 2.45) is 0 Å². The Kier molecular flexibility index (Phi) is 5.15. The molecule has 0 atom stereocenters. The number of hydrogen-bond donors (Lipinski definition) is 1. The van der Waals surface area contributed by atoms with Crippen molar-refractivity contribution in [2.45, 2.75) is 13.5 Å². The average molecular weight is 327 g/mol. The molecule has 2 rings (SSSR count). The summed E-state index contributed by atoms with van der Waals surface area (Å²) in [6.07, 6.45) is 0. The van der Waals surface area contributed by atoms with E-state index in [9.17, 15) is 0 Å². The van der Waals surface area contributed by atoms with Crippen molar-refractivity contribution in [3.63, 3.8) is 0 Å². The number of aromatic nitrogens is 1. The number of hydrogen-bond acceptors (Lipinski definition) is 4. The minimum Gasteiger partial charge on any atom is -0.493 e. The van der Waals surface area contributed by atoms with E-state index < -0.39 is 0 Å². The van der Waals surface area contributed by atoms with Gasteiger partial charge in [0.15, 0.2) is 16.7 Å². The number of nitrogens with one attached hydrogen (secondary N) is 1. The number of rotatable bonds is 5.